The highest BCUT2D eigenvalue weighted by Gasteiger charge is 2.08. The zero-order chi connectivity index (χ0) is 9.14. The van der Waals surface area contributed by atoms with Gasteiger partial charge in [0.2, 0.25) is 0 Å². The Labute approximate surface area is 69.2 Å². The van der Waals surface area contributed by atoms with E-state index >= 15 is 0 Å². The van der Waals surface area contributed by atoms with Gasteiger partial charge in [0.05, 0.1) is 5.56 Å². The van der Waals surface area contributed by atoms with Crippen LogP contribution < -0.4 is 0 Å². The summed E-state index contributed by atoms with van der Waals surface area (Å²) in [5.41, 5.74) is 0.355. The Bertz CT molecular complexity index is 339. The first-order valence-corrected chi connectivity index (χ1v) is 3.57. The number of halogens is 2. The molecular weight excluding hydrogens is 160 g/mol. The van der Waals surface area contributed by atoms with Crippen LogP contribution in [0.2, 0.25) is 0 Å². The number of aryl methyl sites for hydroxylation is 1. The van der Waals surface area contributed by atoms with Gasteiger partial charge in [0, 0.05) is 6.07 Å². The minimum absolute atomic E-state index is 0.0566. The minimum atomic E-state index is -0.783. The molecule has 1 aromatic rings. The lowest BCUT2D eigenvalue weighted by Gasteiger charge is -2.00. The summed E-state index contributed by atoms with van der Waals surface area (Å²) in [6.07, 6.45) is 0.456. The lowest BCUT2D eigenvalue weighted by Crippen LogP contribution is -1.94. The summed E-state index contributed by atoms with van der Waals surface area (Å²) in [7, 11) is 0. The molecule has 0 aromatic heterocycles. The molecule has 1 nitrogen and oxygen atoms in total. The molecule has 0 radical (unpaired) electrons. The fraction of sp³-hybridized carbons (Fsp3) is 0.222. The molecule has 3 heteroatoms. The topological polar surface area (TPSA) is 23.8 Å². The summed E-state index contributed by atoms with van der Waals surface area (Å²) in [4.78, 5) is 0. The quantitative estimate of drug-likeness (QED) is 0.630. The third kappa shape index (κ3) is 1.42. The standard InChI is InChI=1S/C9H7F2N/c1-2-6-3-7(10)4-9(11)8(6)5-12/h3-4H,2H2,1H3. The van der Waals surface area contributed by atoms with Crippen LogP contribution in [0, 0.1) is 23.0 Å². The maximum Gasteiger partial charge on any atom is 0.144 e. The molecule has 0 saturated heterocycles. The SMILES string of the molecule is CCc1cc(F)cc(F)c1C#N. The van der Waals surface area contributed by atoms with Gasteiger partial charge in [-0.2, -0.15) is 5.26 Å². The van der Waals surface area contributed by atoms with Gasteiger partial charge < -0.3 is 0 Å². The lowest BCUT2D eigenvalue weighted by atomic mass is 10.1. The Hall–Kier alpha value is -1.43. The fourth-order valence-corrected chi connectivity index (χ4v) is 1.03. The minimum Gasteiger partial charge on any atom is -0.207 e. The average Bonchev–Trinajstić information content (AvgIpc) is 2.03. The van der Waals surface area contributed by atoms with Gasteiger partial charge in [-0.15, -0.1) is 0 Å². The van der Waals surface area contributed by atoms with Gasteiger partial charge in [0.25, 0.3) is 0 Å². The van der Waals surface area contributed by atoms with E-state index in [9.17, 15) is 8.78 Å². The van der Waals surface area contributed by atoms with Gasteiger partial charge >= 0.3 is 0 Å². The van der Waals surface area contributed by atoms with Crippen LogP contribution >= 0.6 is 0 Å². The van der Waals surface area contributed by atoms with Crippen LogP contribution in [-0.2, 0) is 6.42 Å². The van der Waals surface area contributed by atoms with E-state index in [1.807, 2.05) is 0 Å². The zero-order valence-electron chi connectivity index (χ0n) is 6.56. The van der Waals surface area contributed by atoms with Gasteiger partial charge in [-0.3, -0.25) is 0 Å². The van der Waals surface area contributed by atoms with Crippen molar-refractivity contribution in [2.24, 2.45) is 0 Å². The summed E-state index contributed by atoms with van der Waals surface area (Å²) in [6.45, 7) is 1.75. The second-order valence-electron chi connectivity index (χ2n) is 2.39. The number of rotatable bonds is 1. The van der Waals surface area contributed by atoms with Gasteiger partial charge in [-0.25, -0.2) is 8.78 Å². The maximum absolute atomic E-state index is 12.8. The maximum atomic E-state index is 12.8. The van der Waals surface area contributed by atoms with Crippen LogP contribution in [0.3, 0.4) is 0 Å². The van der Waals surface area contributed by atoms with Gasteiger partial charge in [0.15, 0.2) is 0 Å². The molecule has 0 unspecified atom stereocenters. The van der Waals surface area contributed by atoms with E-state index in [0.717, 1.165) is 6.07 Å². The third-order valence-corrected chi connectivity index (χ3v) is 1.63. The van der Waals surface area contributed by atoms with E-state index in [4.69, 9.17) is 5.26 Å². The van der Waals surface area contributed by atoms with Gasteiger partial charge in [-0.05, 0) is 18.1 Å². The molecule has 1 aromatic carbocycles. The molecule has 0 spiro atoms. The molecule has 0 aliphatic carbocycles. The number of benzene rings is 1. The first-order chi connectivity index (χ1) is 5.69. The van der Waals surface area contributed by atoms with E-state index in [1.165, 1.54) is 6.07 Å². The van der Waals surface area contributed by atoms with Crippen molar-refractivity contribution >= 4 is 0 Å². The number of hydrogen-bond donors (Lipinski definition) is 0. The van der Waals surface area contributed by atoms with Gasteiger partial charge in [-0.1, -0.05) is 6.92 Å². The van der Waals surface area contributed by atoms with Crippen molar-refractivity contribution in [2.45, 2.75) is 13.3 Å². The van der Waals surface area contributed by atoms with Crippen molar-refractivity contribution in [3.8, 4) is 6.07 Å². The first kappa shape index (κ1) is 8.66. The van der Waals surface area contributed by atoms with Crippen LogP contribution in [0.25, 0.3) is 0 Å². The summed E-state index contributed by atoms with van der Waals surface area (Å²) >= 11 is 0. The van der Waals surface area contributed by atoms with E-state index in [2.05, 4.69) is 0 Å². The molecule has 1 rings (SSSR count). The van der Waals surface area contributed by atoms with Crippen molar-refractivity contribution in [1.29, 1.82) is 5.26 Å². The predicted molar refractivity (Wildman–Crippen MR) is 40.5 cm³/mol. The monoisotopic (exact) mass is 167 g/mol. The van der Waals surface area contributed by atoms with Gasteiger partial charge in [0.1, 0.15) is 17.7 Å². The summed E-state index contributed by atoms with van der Waals surface area (Å²) < 4.78 is 25.4. The Kier molecular flexibility index (Phi) is 2.39. The Morgan fingerprint density at radius 2 is 2.08 bits per heavy atom. The smallest absolute Gasteiger partial charge is 0.144 e. The summed E-state index contributed by atoms with van der Waals surface area (Å²) in [6, 6.07) is 3.60. The summed E-state index contributed by atoms with van der Waals surface area (Å²) in [5.74, 6) is -1.42. The highest BCUT2D eigenvalue weighted by molar-refractivity contribution is 5.39. The molecule has 0 aliphatic rings. The molecule has 0 aliphatic heterocycles. The van der Waals surface area contributed by atoms with Crippen molar-refractivity contribution in [2.75, 3.05) is 0 Å². The highest BCUT2D eigenvalue weighted by Crippen LogP contribution is 2.15. The van der Waals surface area contributed by atoms with E-state index in [-0.39, 0.29) is 5.56 Å². The summed E-state index contributed by atoms with van der Waals surface area (Å²) in [5, 5.41) is 8.51. The number of nitrogens with zero attached hydrogens (tertiary/aromatic N) is 1. The fourth-order valence-electron chi connectivity index (χ4n) is 1.03. The van der Waals surface area contributed by atoms with E-state index in [1.54, 1.807) is 13.0 Å². The molecule has 0 heterocycles. The first-order valence-electron chi connectivity index (χ1n) is 3.57. The highest BCUT2D eigenvalue weighted by atomic mass is 19.1. The Balaban J connectivity index is 3.36. The second-order valence-corrected chi connectivity index (χ2v) is 2.39. The third-order valence-electron chi connectivity index (χ3n) is 1.63. The largest absolute Gasteiger partial charge is 0.207 e. The normalized spacial score (nSPS) is 9.50. The van der Waals surface area contributed by atoms with E-state index in [0.29, 0.717) is 12.0 Å². The van der Waals surface area contributed by atoms with Crippen LogP contribution in [0.5, 0.6) is 0 Å². The molecule has 62 valence electrons. The van der Waals surface area contributed by atoms with E-state index < -0.39 is 11.6 Å². The van der Waals surface area contributed by atoms with Crippen LogP contribution in [0.4, 0.5) is 8.78 Å². The molecule has 0 fully saturated rings. The molecule has 0 saturated carbocycles. The Morgan fingerprint density at radius 1 is 1.42 bits per heavy atom. The number of nitriles is 1. The molecule has 0 bridgehead atoms. The average molecular weight is 167 g/mol. The van der Waals surface area contributed by atoms with Crippen molar-refractivity contribution in [3.05, 3.63) is 34.9 Å². The van der Waals surface area contributed by atoms with Crippen molar-refractivity contribution in [3.63, 3.8) is 0 Å². The molecule has 0 atom stereocenters. The molecule has 12 heavy (non-hydrogen) atoms. The van der Waals surface area contributed by atoms with Crippen LogP contribution in [0.15, 0.2) is 12.1 Å². The zero-order valence-corrected chi connectivity index (χ0v) is 6.56. The van der Waals surface area contributed by atoms with Crippen LogP contribution in [0.1, 0.15) is 18.1 Å². The predicted octanol–water partition coefficient (Wildman–Crippen LogP) is 2.40. The number of hydrogen-bond acceptors (Lipinski definition) is 1. The lowest BCUT2D eigenvalue weighted by molar-refractivity contribution is 0.577. The van der Waals surface area contributed by atoms with Crippen molar-refractivity contribution < 1.29 is 8.78 Å². The molecule has 0 N–H and O–H groups in total. The van der Waals surface area contributed by atoms with Crippen LogP contribution in [-0.4, -0.2) is 0 Å². The second kappa shape index (κ2) is 3.31. The Morgan fingerprint density at radius 3 is 2.58 bits per heavy atom. The molecular formula is C9H7F2N. The molecule has 0 amide bonds. The van der Waals surface area contributed by atoms with Crippen molar-refractivity contribution in [1.82, 2.24) is 0 Å².